The molecule has 5 amide bonds. The highest BCUT2D eigenvalue weighted by Gasteiger charge is 2.38. The molecule has 3 aromatic carbocycles. The molecule has 4 heterocycles. The van der Waals surface area contributed by atoms with E-state index in [9.17, 15) is 24.0 Å². The molecule has 4 aliphatic heterocycles. The molecular formula is C47H51N7O10. The largest absolute Gasteiger partial charge is 0.493 e. The second kappa shape index (κ2) is 18.3. The van der Waals surface area contributed by atoms with E-state index in [1.54, 1.807) is 72.5 Å². The number of carboxylic acid groups (broad SMARTS) is 1. The molecular weight excluding hydrogens is 823 g/mol. The number of nitrogens with zero attached hydrogens (tertiary/aromatic N) is 4. The molecule has 3 aromatic rings. The third-order valence-corrected chi connectivity index (χ3v) is 11.9. The lowest BCUT2D eigenvalue weighted by Gasteiger charge is -2.22. The SMILES string of the molecule is COc1cc2c(cc1OCCCOc1cc3c(cc1OC)C(=O)N1C=C(C4CC4)CC1C=N3)N=CC1CC(c3ccc(NC(=O)[C@H](C)NC(=O)[C@@H](NC(=O)O)C(C)C)cc3)=CN1C2=O. The fourth-order valence-electron chi connectivity index (χ4n) is 8.18. The lowest BCUT2D eigenvalue weighted by molar-refractivity contribution is -0.128. The summed E-state index contributed by atoms with van der Waals surface area (Å²) in [4.78, 5) is 77.0. The maximum absolute atomic E-state index is 14.0. The van der Waals surface area contributed by atoms with Crippen LogP contribution in [0.25, 0.3) is 5.57 Å². The van der Waals surface area contributed by atoms with Crippen molar-refractivity contribution in [1.82, 2.24) is 20.4 Å². The van der Waals surface area contributed by atoms with E-state index in [0.29, 0.717) is 69.9 Å². The highest BCUT2D eigenvalue weighted by molar-refractivity contribution is 6.06. The van der Waals surface area contributed by atoms with Crippen LogP contribution < -0.4 is 34.9 Å². The van der Waals surface area contributed by atoms with Crippen molar-refractivity contribution in [3.63, 3.8) is 0 Å². The number of carbonyl (C=O) groups excluding carboxylic acids is 4. The van der Waals surface area contributed by atoms with Crippen molar-refractivity contribution in [2.75, 3.05) is 32.8 Å². The summed E-state index contributed by atoms with van der Waals surface area (Å²) in [6.07, 6.45) is 10.3. The van der Waals surface area contributed by atoms with Gasteiger partial charge >= 0.3 is 6.09 Å². The Morgan fingerprint density at radius 3 is 1.84 bits per heavy atom. The third-order valence-electron chi connectivity index (χ3n) is 11.9. The molecule has 4 atom stereocenters. The van der Waals surface area contributed by atoms with Crippen molar-refractivity contribution < 1.29 is 48.0 Å². The molecule has 0 spiro atoms. The number of fused-ring (bicyclic) bond motifs is 4. The molecule has 4 N–H and O–H groups in total. The molecule has 1 fully saturated rings. The van der Waals surface area contributed by atoms with Gasteiger partial charge < -0.3 is 49.8 Å². The standard InChI is InChI=1S/C47H51N7O10/c1-25(2)42(52-47(59)60)44(56)50-26(3)43(55)51-31-11-9-28(10-12-31)30-16-33-22-49-37-20-41(39(62-5)18-35(37)46(58)54(33)24-30)64-14-6-13-63-40-19-36-34(17-38(40)61-4)45(57)53-23-29(27-7-8-27)15-32(53)21-48-36/h9-12,17-27,32-33,42,52H,6-8,13-16H2,1-5H3,(H,50,56)(H,51,55)(H,59,60)/t26-,32?,33?,42-/m0/s1. The molecule has 0 saturated heterocycles. The summed E-state index contributed by atoms with van der Waals surface area (Å²) in [7, 11) is 3.05. The van der Waals surface area contributed by atoms with E-state index in [4.69, 9.17) is 29.0 Å². The van der Waals surface area contributed by atoms with Crippen LogP contribution in [0.4, 0.5) is 21.9 Å². The van der Waals surface area contributed by atoms with E-state index in [-0.39, 0.29) is 43.0 Å². The quantitative estimate of drug-likeness (QED) is 0.115. The van der Waals surface area contributed by atoms with Crippen LogP contribution in [0.1, 0.15) is 79.2 Å². The van der Waals surface area contributed by atoms with Crippen molar-refractivity contribution in [3.05, 3.63) is 83.2 Å². The number of rotatable bonds is 16. The van der Waals surface area contributed by atoms with Crippen LogP contribution in [0.2, 0.25) is 0 Å². The fraction of sp³-hybridized carbons (Fsp3) is 0.383. The average Bonchev–Trinajstić information content (AvgIpc) is 3.96. The molecule has 5 aliphatic rings. The number of hydrogen-bond donors (Lipinski definition) is 4. The van der Waals surface area contributed by atoms with Gasteiger partial charge in [-0.3, -0.25) is 29.2 Å². The maximum atomic E-state index is 14.0. The zero-order chi connectivity index (χ0) is 45.2. The van der Waals surface area contributed by atoms with E-state index in [1.165, 1.54) is 39.6 Å². The van der Waals surface area contributed by atoms with Crippen LogP contribution >= 0.6 is 0 Å². The number of aliphatic imine (C=N–C) groups is 2. The second-order valence-corrected chi connectivity index (χ2v) is 16.7. The van der Waals surface area contributed by atoms with Gasteiger partial charge in [0.15, 0.2) is 23.0 Å². The van der Waals surface area contributed by atoms with Crippen LogP contribution in [0.5, 0.6) is 23.0 Å². The number of benzene rings is 3. The molecule has 0 radical (unpaired) electrons. The molecule has 0 bridgehead atoms. The molecule has 17 nitrogen and oxygen atoms in total. The summed E-state index contributed by atoms with van der Waals surface area (Å²) in [5.74, 6) is 0.568. The number of ether oxygens (including phenoxy) is 4. The van der Waals surface area contributed by atoms with Gasteiger partial charge in [0.1, 0.15) is 12.1 Å². The minimum absolute atomic E-state index is 0.0856. The monoisotopic (exact) mass is 873 g/mol. The van der Waals surface area contributed by atoms with E-state index in [2.05, 4.69) is 20.9 Å². The zero-order valence-electron chi connectivity index (χ0n) is 36.3. The van der Waals surface area contributed by atoms with Gasteiger partial charge in [-0.2, -0.15) is 0 Å². The predicted octanol–water partition coefficient (Wildman–Crippen LogP) is 6.48. The van der Waals surface area contributed by atoms with Crippen molar-refractivity contribution in [2.24, 2.45) is 21.8 Å². The smallest absolute Gasteiger partial charge is 0.405 e. The van der Waals surface area contributed by atoms with Gasteiger partial charge in [-0.25, -0.2) is 4.79 Å². The van der Waals surface area contributed by atoms with Gasteiger partial charge in [0.25, 0.3) is 11.8 Å². The first-order chi connectivity index (χ1) is 30.8. The van der Waals surface area contributed by atoms with Gasteiger partial charge in [0.05, 0.1) is 62.0 Å². The Kier molecular flexibility index (Phi) is 12.4. The molecule has 17 heteroatoms. The summed E-state index contributed by atoms with van der Waals surface area (Å²) in [5.41, 5.74) is 5.38. The number of methoxy groups -OCH3 is 2. The third kappa shape index (κ3) is 9.14. The summed E-state index contributed by atoms with van der Waals surface area (Å²) in [5, 5.41) is 16.6. The van der Waals surface area contributed by atoms with Crippen LogP contribution in [0, 0.1) is 11.8 Å². The minimum Gasteiger partial charge on any atom is -0.493 e. The number of anilines is 1. The highest BCUT2D eigenvalue weighted by Crippen LogP contribution is 2.45. The average molecular weight is 874 g/mol. The Morgan fingerprint density at radius 2 is 1.31 bits per heavy atom. The van der Waals surface area contributed by atoms with Crippen molar-refractivity contribution >= 4 is 64.8 Å². The van der Waals surface area contributed by atoms with Crippen LogP contribution in [-0.4, -0.2) is 109 Å². The minimum atomic E-state index is -1.33. The van der Waals surface area contributed by atoms with Gasteiger partial charge in [-0.05, 0) is 79.0 Å². The van der Waals surface area contributed by atoms with Gasteiger partial charge in [0, 0.05) is 55.5 Å². The van der Waals surface area contributed by atoms with Crippen LogP contribution in [0.15, 0.2) is 76.5 Å². The Labute approximate surface area is 370 Å². The summed E-state index contributed by atoms with van der Waals surface area (Å²) < 4.78 is 23.5. The van der Waals surface area contributed by atoms with Crippen molar-refractivity contribution in [1.29, 1.82) is 0 Å². The zero-order valence-corrected chi connectivity index (χ0v) is 36.3. The predicted molar refractivity (Wildman–Crippen MR) is 238 cm³/mol. The van der Waals surface area contributed by atoms with E-state index in [1.807, 2.05) is 24.5 Å². The van der Waals surface area contributed by atoms with Crippen LogP contribution in [-0.2, 0) is 9.59 Å². The second-order valence-electron chi connectivity index (χ2n) is 16.7. The molecule has 64 heavy (non-hydrogen) atoms. The molecule has 334 valence electrons. The maximum Gasteiger partial charge on any atom is 0.405 e. The van der Waals surface area contributed by atoms with E-state index >= 15 is 0 Å². The van der Waals surface area contributed by atoms with Gasteiger partial charge in [0.2, 0.25) is 11.8 Å². The Hall–Kier alpha value is -7.17. The Morgan fingerprint density at radius 1 is 0.750 bits per heavy atom. The lowest BCUT2D eigenvalue weighted by Crippen LogP contribution is -2.53. The lowest BCUT2D eigenvalue weighted by atomic mass is 10.0. The number of nitrogens with one attached hydrogen (secondary N) is 3. The Bertz CT molecular complexity index is 2490. The molecule has 8 rings (SSSR count). The van der Waals surface area contributed by atoms with E-state index in [0.717, 1.165) is 17.6 Å². The summed E-state index contributed by atoms with van der Waals surface area (Å²) in [6, 6.07) is 11.5. The first kappa shape index (κ1) is 43.5. The molecule has 0 aromatic heterocycles. The van der Waals surface area contributed by atoms with Crippen molar-refractivity contribution in [2.45, 2.75) is 77.0 Å². The van der Waals surface area contributed by atoms with Crippen molar-refractivity contribution in [3.8, 4) is 23.0 Å². The molecule has 1 saturated carbocycles. The molecule has 2 unspecified atom stereocenters. The number of amides is 5. The first-order valence-corrected chi connectivity index (χ1v) is 21.4. The topological polar surface area (TPSA) is 210 Å². The van der Waals surface area contributed by atoms with E-state index < -0.39 is 30.0 Å². The Balaban J connectivity index is 0.856. The highest BCUT2D eigenvalue weighted by atomic mass is 16.5. The van der Waals surface area contributed by atoms with Gasteiger partial charge in [-0.1, -0.05) is 26.0 Å². The molecule has 1 aliphatic carbocycles. The first-order valence-electron chi connectivity index (χ1n) is 21.4. The summed E-state index contributed by atoms with van der Waals surface area (Å²) in [6.45, 7) is 5.47. The summed E-state index contributed by atoms with van der Waals surface area (Å²) >= 11 is 0. The normalized spacial score (nSPS) is 19.2. The fourth-order valence-corrected chi connectivity index (χ4v) is 8.18. The van der Waals surface area contributed by atoms with Gasteiger partial charge in [-0.15, -0.1) is 0 Å². The number of carbonyl (C=O) groups is 5. The number of hydrogen-bond acceptors (Lipinski definition) is 11. The van der Waals surface area contributed by atoms with Crippen LogP contribution in [0.3, 0.4) is 0 Å².